The number of rotatable bonds is 2. The van der Waals surface area contributed by atoms with Crippen LogP contribution in [0.15, 0.2) is 27.7 Å². The molecule has 0 radical (unpaired) electrons. The van der Waals surface area contributed by atoms with Gasteiger partial charge in [0.15, 0.2) is 0 Å². The van der Waals surface area contributed by atoms with E-state index in [-0.39, 0.29) is 4.90 Å². The Morgan fingerprint density at radius 1 is 1.24 bits per heavy atom. The number of aromatic nitrogens is 1. The highest BCUT2D eigenvalue weighted by atomic mass is 127. The number of aryl methyl sites for hydroxylation is 3. The minimum Gasteiger partial charge on any atom is -0.744 e. The minimum atomic E-state index is -4.33. The van der Waals surface area contributed by atoms with Crippen molar-refractivity contribution in [2.45, 2.75) is 39.0 Å². The van der Waals surface area contributed by atoms with Gasteiger partial charge in [-0.3, -0.25) is 11.6 Å². The third kappa shape index (κ3) is 5.53. The number of nitrogens with two attached hydrogens (primary N) is 2. The third-order valence-corrected chi connectivity index (χ3v) is 6.55. The monoisotopic (exact) mass is 541 g/mol. The van der Waals surface area contributed by atoms with Crippen molar-refractivity contribution in [2.24, 2.45) is 0 Å². The van der Waals surface area contributed by atoms with Crippen molar-refractivity contribution in [2.75, 3.05) is 11.6 Å². The lowest BCUT2D eigenvalue weighted by Crippen LogP contribution is -2.47. The highest BCUT2D eigenvalue weighted by Crippen LogP contribution is 2.24. The number of pyridine rings is 1. The summed E-state index contributed by atoms with van der Waals surface area (Å²) in [5.74, 6) is 6.21. The molecule has 2 aromatic rings. The molecule has 0 saturated heterocycles. The standard InChI is InChI=1S/C9H12O3S.C7H9BrIN3/c1-6-4-7(2)9(8(3)5-6)13(10,11)12;1-2-4-5(8)3-12(11)7(10)6(4)9/h4-5H,1-3H3,(H,10,11,12);3,10H,2,11H2,1H3. The van der Waals surface area contributed by atoms with Gasteiger partial charge in [0, 0.05) is 0 Å². The Balaban J connectivity index is 0.000000251. The zero-order valence-corrected chi connectivity index (χ0v) is 19.0. The van der Waals surface area contributed by atoms with Gasteiger partial charge in [-0.05, 0) is 82.4 Å². The van der Waals surface area contributed by atoms with Crippen LogP contribution in [0.5, 0.6) is 0 Å². The lowest BCUT2D eigenvalue weighted by Gasteiger charge is -2.14. The van der Waals surface area contributed by atoms with E-state index in [0.29, 0.717) is 16.9 Å². The summed E-state index contributed by atoms with van der Waals surface area (Å²) >= 11 is 5.63. The maximum Gasteiger partial charge on any atom is 0.309 e. The molecule has 4 N–H and O–H groups in total. The zero-order valence-electron chi connectivity index (χ0n) is 14.4. The summed E-state index contributed by atoms with van der Waals surface area (Å²) in [7, 11) is -4.33. The molecular weight excluding hydrogens is 521 g/mol. The Morgan fingerprint density at radius 2 is 1.72 bits per heavy atom. The lowest BCUT2D eigenvalue weighted by molar-refractivity contribution is -0.625. The van der Waals surface area contributed by atoms with E-state index < -0.39 is 10.1 Å². The molecule has 0 atom stereocenters. The molecule has 0 spiro atoms. The van der Waals surface area contributed by atoms with E-state index in [1.54, 1.807) is 32.2 Å². The summed E-state index contributed by atoms with van der Waals surface area (Å²) in [5.41, 5.74) is 8.94. The van der Waals surface area contributed by atoms with Gasteiger partial charge in [0.05, 0.1) is 9.37 Å². The van der Waals surface area contributed by atoms with Crippen molar-refractivity contribution in [3.8, 4) is 0 Å². The quantitative estimate of drug-likeness (QED) is 0.263. The summed E-state index contributed by atoms with van der Waals surface area (Å²) in [5, 5.41) is 0. The summed E-state index contributed by atoms with van der Waals surface area (Å²) in [6.45, 7) is 7.21. The van der Waals surface area contributed by atoms with Crippen LogP contribution in [-0.2, 0) is 16.5 Å². The molecule has 9 heteroatoms. The lowest BCUT2D eigenvalue weighted by atomic mass is 10.1. The van der Waals surface area contributed by atoms with Gasteiger partial charge >= 0.3 is 5.82 Å². The number of hydrogen-bond donors (Lipinski definition) is 2. The summed E-state index contributed by atoms with van der Waals surface area (Å²) < 4.78 is 35.9. The third-order valence-electron chi connectivity index (χ3n) is 3.52. The summed E-state index contributed by atoms with van der Waals surface area (Å²) in [6, 6.07) is 3.38. The minimum absolute atomic E-state index is 0.0851. The van der Waals surface area contributed by atoms with Crippen LogP contribution in [-0.4, -0.2) is 13.0 Å². The number of halogens is 2. The largest absolute Gasteiger partial charge is 0.744 e. The predicted molar refractivity (Wildman–Crippen MR) is 110 cm³/mol. The molecule has 0 bridgehead atoms. The molecule has 138 valence electrons. The van der Waals surface area contributed by atoms with Gasteiger partial charge in [-0.2, -0.15) is 0 Å². The fourth-order valence-electron chi connectivity index (χ4n) is 2.53. The molecule has 0 amide bonds. The van der Waals surface area contributed by atoms with Gasteiger partial charge in [-0.25, -0.2) is 8.42 Å². The topological polar surface area (TPSA) is 113 Å². The first-order valence-electron chi connectivity index (χ1n) is 7.36. The Kier molecular flexibility index (Phi) is 7.66. The molecule has 0 saturated carbocycles. The fourth-order valence-corrected chi connectivity index (χ4v) is 5.45. The normalized spacial score (nSPS) is 11.0. The van der Waals surface area contributed by atoms with Gasteiger partial charge in [-0.1, -0.05) is 24.6 Å². The molecule has 0 unspecified atom stereocenters. The van der Waals surface area contributed by atoms with E-state index in [4.69, 9.17) is 11.6 Å². The van der Waals surface area contributed by atoms with Crippen molar-refractivity contribution < 1.29 is 17.6 Å². The van der Waals surface area contributed by atoms with Gasteiger partial charge in [0.25, 0.3) is 0 Å². The van der Waals surface area contributed by atoms with Crippen molar-refractivity contribution in [1.29, 1.82) is 0 Å². The smallest absolute Gasteiger partial charge is 0.309 e. The summed E-state index contributed by atoms with van der Waals surface area (Å²) in [4.78, 5) is -0.0851. The van der Waals surface area contributed by atoms with E-state index in [1.165, 1.54) is 10.2 Å². The number of anilines is 1. The highest BCUT2D eigenvalue weighted by molar-refractivity contribution is 14.1. The number of benzene rings is 1. The number of nitrogen functional groups attached to an aromatic ring is 2. The fraction of sp³-hybridized carbons (Fsp3) is 0.312. The van der Waals surface area contributed by atoms with Gasteiger partial charge in [-0.15, -0.1) is 4.68 Å². The highest BCUT2D eigenvalue weighted by Gasteiger charge is 2.14. The molecular formula is C16H21BrIN3O3S. The maximum atomic E-state index is 10.8. The molecule has 1 heterocycles. The van der Waals surface area contributed by atoms with Crippen LogP contribution in [0, 0.1) is 24.3 Å². The second kappa shape index (κ2) is 8.65. The first-order chi connectivity index (χ1) is 11.4. The van der Waals surface area contributed by atoms with E-state index in [9.17, 15) is 13.0 Å². The van der Waals surface area contributed by atoms with Crippen molar-refractivity contribution in [3.63, 3.8) is 0 Å². The van der Waals surface area contributed by atoms with E-state index in [0.717, 1.165) is 20.0 Å². The molecule has 25 heavy (non-hydrogen) atoms. The molecule has 0 aliphatic rings. The first-order valence-corrected chi connectivity index (χ1v) is 10.6. The van der Waals surface area contributed by atoms with Gasteiger partial charge in [0.2, 0.25) is 0 Å². The van der Waals surface area contributed by atoms with Gasteiger partial charge in [0.1, 0.15) is 19.9 Å². The van der Waals surface area contributed by atoms with Crippen LogP contribution in [0.25, 0.3) is 0 Å². The molecule has 0 aliphatic heterocycles. The van der Waals surface area contributed by atoms with Crippen LogP contribution < -0.4 is 16.3 Å². The van der Waals surface area contributed by atoms with E-state index in [2.05, 4.69) is 45.4 Å². The number of nitrogens with zero attached hydrogens (tertiary/aromatic N) is 1. The average Bonchev–Trinajstić information content (AvgIpc) is 2.43. The van der Waals surface area contributed by atoms with Gasteiger partial charge < -0.3 is 4.55 Å². The molecule has 0 aliphatic carbocycles. The van der Waals surface area contributed by atoms with E-state index in [1.807, 2.05) is 6.92 Å². The SMILES string of the molecule is CCc1c(Br)c[n+](N)c(N)c1I.Cc1cc(C)c(S(=O)(=O)[O-])c(C)c1. The Morgan fingerprint density at radius 3 is 2.12 bits per heavy atom. The van der Waals surface area contributed by atoms with Crippen molar-refractivity contribution >= 4 is 54.5 Å². The number of hydrogen-bond acceptors (Lipinski definition) is 5. The predicted octanol–water partition coefficient (Wildman–Crippen LogP) is 2.72. The van der Waals surface area contributed by atoms with Crippen LogP contribution in [0.3, 0.4) is 0 Å². The maximum absolute atomic E-state index is 10.8. The summed E-state index contributed by atoms with van der Waals surface area (Å²) in [6.07, 6.45) is 2.72. The van der Waals surface area contributed by atoms with Crippen molar-refractivity contribution in [3.05, 3.63) is 48.6 Å². The second-order valence-electron chi connectivity index (χ2n) is 5.60. The van der Waals surface area contributed by atoms with Crippen molar-refractivity contribution in [1.82, 2.24) is 0 Å². The van der Waals surface area contributed by atoms with Crippen LogP contribution in [0.4, 0.5) is 5.82 Å². The Hall–Kier alpha value is -0.910. The average molecular weight is 542 g/mol. The molecule has 1 aromatic carbocycles. The molecule has 6 nitrogen and oxygen atoms in total. The Labute approximate surface area is 170 Å². The zero-order chi connectivity index (χ0) is 19.5. The van der Waals surface area contributed by atoms with Crippen LogP contribution in [0.1, 0.15) is 29.2 Å². The van der Waals surface area contributed by atoms with Crippen LogP contribution >= 0.6 is 38.5 Å². The first kappa shape index (κ1) is 22.1. The molecule has 1 aromatic heterocycles. The second-order valence-corrected chi connectivity index (χ2v) is 8.85. The Bertz CT molecular complexity index is 879. The van der Waals surface area contributed by atoms with E-state index >= 15 is 0 Å². The molecule has 2 rings (SSSR count). The van der Waals surface area contributed by atoms with Crippen LogP contribution in [0.2, 0.25) is 0 Å². The molecule has 0 fully saturated rings.